The summed E-state index contributed by atoms with van der Waals surface area (Å²) in [5.74, 6) is 3.39. The van der Waals surface area contributed by atoms with Crippen LogP contribution in [0.3, 0.4) is 0 Å². The number of methoxy groups -OCH3 is 2. The van der Waals surface area contributed by atoms with Crippen molar-refractivity contribution in [1.82, 2.24) is 0 Å². The van der Waals surface area contributed by atoms with Gasteiger partial charge in [-0.1, -0.05) is 30.3 Å². The third-order valence-electron chi connectivity index (χ3n) is 7.65. The van der Waals surface area contributed by atoms with Crippen molar-refractivity contribution in [3.63, 3.8) is 0 Å². The van der Waals surface area contributed by atoms with E-state index in [9.17, 15) is 0 Å². The van der Waals surface area contributed by atoms with Gasteiger partial charge in [0, 0.05) is 29.5 Å². The molecule has 3 aromatic rings. The molecule has 0 saturated heterocycles. The van der Waals surface area contributed by atoms with Gasteiger partial charge in [-0.2, -0.15) is 0 Å². The van der Waals surface area contributed by atoms with Gasteiger partial charge in [-0.05, 0) is 41.8 Å². The molecule has 0 amide bonds. The highest BCUT2D eigenvalue weighted by Crippen LogP contribution is 2.49. The molecule has 5 nitrogen and oxygen atoms in total. The van der Waals surface area contributed by atoms with Crippen LogP contribution in [0.2, 0.25) is 0 Å². The van der Waals surface area contributed by atoms with Crippen molar-refractivity contribution >= 4 is 0 Å². The Balaban J connectivity index is 0.00000241. The Labute approximate surface area is 211 Å². The molecule has 0 radical (unpaired) electrons. The minimum absolute atomic E-state index is 0. The van der Waals surface area contributed by atoms with E-state index in [4.69, 9.17) is 18.9 Å². The van der Waals surface area contributed by atoms with Crippen molar-refractivity contribution in [2.24, 2.45) is 0 Å². The molecule has 2 unspecified atom stereocenters. The number of nitrogens with zero attached hydrogens (tertiary/aromatic N) is 1. The lowest BCUT2D eigenvalue weighted by atomic mass is 9.85. The summed E-state index contributed by atoms with van der Waals surface area (Å²) in [7, 11) is 3.43. The molecular weight excluding hydrogens is 494 g/mol. The first-order chi connectivity index (χ1) is 16.2. The number of aryl methyl sites for hydroxylation is 1. The molecule has 3 aliphatic heterocycles. The van der Waals surface area contributed by atoms with Crippen LogP contribution in [0.5, 0.6) is 23.0 Å². The summed E-state index contributed by atoms with van der Waals surface area (Å²) in [6.45, 7) is 3.43. The average Bonchev–Trinajstić information content (AvgIpc) is 3.24. The number of quaternary nitrogens is 1. The third kappa shape index (κ3) is 3.83. The second kappa shape index (κ2) is 9.16. The topological polar surface area (TPSA) is 36.9 Å². The smallest absolute Gasteiger partial charge is 0.231 e. The van der Waals surface area contributed by atoms with E-state index in [2.05, 4.69) is 54.6 Å². The second-order valence-electron chi connectivity index (χ2n) is 9.45. The maximum Gasteiger partial charge on any atom is 0.231 e. The number of hydrogen-bond donors (Lipinski definition) is 0. The highest BCUT2D eigenvalue weighted by Gasteiger charge is 2.45. The summed E-state index contributed by atoms with van der Waals surface area (Å²) in [5.41, 5.74) is 6.92. The quantitative estimate of drug-likeness (QED) is 0.491. The minimum atomic E-state index is 0. The molecule has 3 aromatic carbocycles. The van der Waals surface area contributed by atoms with Gasteiger partial charge in [0.1, 0.15) is 19.1 Å². The van der Waals surface area contributed by atoms with Gasteiger partial charge in [0.15, 0.2) is 23.0 Å². The zero-order valence-corrected chi connectivity index (χ0v) is 21.3. The Morgan fingerprint density at radius 2 is 1.59 bits per heavy atom. The Bertz CT molecular complexity index is 1200. The number of hydrogen-bond acceptors (Lipinski definition) is 4. The lowest BCUT2D eigenvalue weighted by molar-refractivity contribution is -0.983. The first kappa shape index (κ1) is 23.1. The lowest BCUT2D eigenvalue weighted by Crippen LogP contribution is -3.00. The van der Waals surface area contributed by atoms with Crippen molar-refractivity contribution in [1.29, 1.82) is 0 Å². The number of benzene rings is 3. The summed E-state index contributed by atoms with van der Waals surface area (Å²) >= 11 is 0. The molecule has 0 aliphatic carbocycles. The molecule has 0 spiro atoms. The van der Waals surface area contributed by atoms with Crippen LogP contribution in [-0.2, 0) is 25.9 Å². The van der Waals surface area contributed by atoms with Crippen LogP contribution in [-0.4, -0.2) is 32.0 Å². The Hall–Kier alpha value is -2.70. The van der Waals surface area contributed by atoms with Crippen LogP contribution in [0.1, 0.15) is 40.3 Å². The van der Waals surface area contributed by atoms with Gasteiger partial charge >= 0.3 is 0 Å². The lowest BCUT2D eigenvalue weighted by Gasteiger charge is -2.48. The SMILES string of the molecule is COc1cc2c(cc1OC)C[N+]1(Cc3ccccc3)CCCc3cc4c(cc3C1C2)OCO4.[Br-]. The average molecular weight is 524 g/mol. The molecule has 0 saturated carbocycles. The fraction of sp³-hybridized carbons (Fsp3) is 0.357. The van der Waals surface area contributed by atoms with E-state index < -0.39 is 0 Å². The largest absolute Gasteiger partial charge is 1.00 e. The van der Waals surface area contributed by atoms with Crippen molar-refractivity contribution in [2.45, 2.75) is 38.4 Å². The van der Waals surface area contributed by atoms with E-state index in [0.717, 1.165) is 66.4 Å². The van der Waals surface area contributed by atoms with Crippen LogP contribution in [0.4, 0.5) is 0 Å². The Morgan fingerprint density at radius 3 is 2.32 bits per heavy atom. The fourth-order valence-electron chi connectivity index (χ4n) is 6.09. The van der Waals surface area contributed by atoms with E-state index in [-0.39, 0.29) is 17.0 Å². The van der Waals surface area contributed by atoms with Crippen LogP contribution in [0.15, 0.2) is 54.6 Å². The molecular formula is C28H30BrNO4. The molecule has 0 aromatic heterocycles. The first-order valence-electron chi connectivity index (χ1n) is 11.7. The van der Waals surface area contributed by atoms with Gasteiger partial charge in [-0.3, -0.25) is 0 Å². The molecule has 6 rings (SSSR count). The molecule has 178 valence electrons. The van der Waals surface area contributed by atoms with Crippen molar-refractivity contribution < 1.29 is 40.4 Å². The Morgan fingerprint density at radius 1 is 0.882 bits per heavy atom. The van der Waals surface area contributed by atoms with E-state index >= 15 is 0 Å². The highest BCUT2D eigenvalue weighted by molar-refractivity contribution is 5.52. The number of halogens is 1. The first-order valence-corrected chi connectivity index (χ1v) is 11.7. The second-order valence-corrected chi connectivity index (χ2v) is 9.45. The third-order valence-corrected chi connectivity index (χ3v) is 7.65. The van der Waals surface area contributed by atoms with E-state index in [1.807, 2.05) is 0 Å². The van der Waals surface area contributed by atoms with Crippen LogP contribution < -0.4 is 35.9 Å². The summed E-state index contributed by atoms with van der Waals surface area (Å²) in [5, 5.41) is 0. The normalized spacial score (nSPS) is 21.9. The predicted octanol–water partition coefficient (Wildman–Crippen LogP) is 2.20. The molecule has 34 heavy (non-hydrogen) atoms. The number of ether oxygens (including phenoxy) is 4. The van der Waals surface area contributed by atoms with Crippen molar-refractivity contribution in [3.8, 4) is 23.0 Å². The Kier molecular flexibility index (Phi) is 6.21. The van der Waals surface area contributed by atoms with E-state index in [1.165, 1.54) is 27.8 Å². The molecule has 2 atom stereocenters. The molecule has 6 heteroatoms. The maximum atomic E-state index is 5.81. The molecule has 0 bridgehead atoms. The summed E-state index contributed by atoms with van der Waals surface area (Å²) in [6, 6.07) is 20.1. The van der Waals surface area contributed by atoms with Crippen molar-refractivity contribution in [3.05, 3.63) is 82.4 Å². The zero-order valence-electron chi connectivity index (χ0n) is 19.7. The molecule has 3 heterocycles. The predicted molar refractivity (Wildman–Crippen MR) is 126 cm³/mol. The monoisotopic (exact) mass is 523 g/mol. The standard InChI is InChI=1S/C28H30NO4.BrH/c1-30-25-13-21-11-24-23-15-28-27(32-18-33-28)12-20(23)9-6-10-29(24,16-19-7-4-3-5-8-19)17-22(21)14-26(25)31-2;/h3-5,7-8,12-15,24H,6,9-11,16-18H2,1-2H3;1H/q+1;/p-1. The van der Waals surface area contributed by atoms with Gasteiger partial charge < -0.3 is 40.4 Å². The maximum absolute atomic E-state index is 5.81. The number of rotatable bonds is 4. The van der Waals surface area contributed by atoms with E-state index in [0.29, 0.717) is 12.8 Å². The van der Waals surface area contributed by atoms with Gasteiger partial charge in [-0.25, -0.2) is 0 Å². The summed E-state index contributed by atoms with van der Waals surface area (Å²) in [4.78, 5) is 0. The molecule has 0 fully saturated rings. The van der Waals surface area contributed by atoms with Gasteiger partial charge in [-0.15, -0.1) is 0 Å². The number of fused-ring (bicyclic) bond motifs is 5. The minimum Gasteiger partial charge on any atom is -1.00 e. The van der Waals surface area contributed by atoms with Crippen LogP contribution in [0.25, 0.3) is 0 Å². The summed E-state index contributed by atoms with van der Waals surface area (Å²) in [6.07, 6.45) is 3.19. The van der Waals surface area contributed by atoms with Gasteiger partial charge in [0.25, 0.3) is 0 Å². The van der Waals surface area contributed by atoms with E-state index in [1.54, 1.807) is 14.2 Å². The highest BCUT2D eigenvalue weighted by atomic mass is 79.9. The van der Waals surface area contributed by atoms with Crippen LogP contribution >= 0.6 is 0 Å². The molecule has 3 aliphatic rings. The van der Waals surface area contributed by atoms with Gasteiger partial charge in [0.2, 0.25) is 6.79 Å². The van der Waals surface area contributed by atoms with Crippen LogP contribution in [0, 0.1) is 0 Å². The summed E-state index contributed by atoms with van der Waals surface area (Å²) < 4.78 is 23.8. The zero-order chi connectivity index (χ0) is 22.4. The molecule has 0 N–H and O–H groups in total. The van der Waals surface area contributed by atoms with Gasteiger partial charge in [0.05, 0.1) is 20.8 Å². The fourth-order valence-corrected chi connectivity index (χ4v) is 6.09. The van der Waals surface area contributed by atoms with Crippen molar-refractivity contribution in [2.75, 3.05) is 27.6 Å².